The van der Waals surface area contributed by atoms with Gasteiger partial charge in [-0.2, -0.15) is 0 Å². The first-order chi connectivity index (χ1) is 12.6. The fourth-order valence-corrected chi connectivity index (χ4v) is 3.10. The van der Waals surface area contributed by atoms with Crippen LogP contribution in [0.15, 0.2) is 30.3 Å². The summed E-state index contributed by atoms with van der Waals surface area (Å²) in [4.78, 5) is 9.24. The number of benzene rings is 1. The number of hydrogen-bond acceptors (Lipinski definition) is 5. The zero-order chi connectivity index (χ0) is 18.3. The molecule has 0 N–H and O–H groups in total. The number of aryl methyl sites for hydroxylation is 2. The Bertz CT molecular complexity index is 1120. The molecule has 1 aromatic carbocycles. The Morgan fingerprint density at radius 3 is 2.69 bits per heavy atom. The highest BCUT2D eigenvalue weighted by molar-refractivity contribution is 6.33. The summed E-state index contributed by atoms with van der Waals surface area (Å²) in [6.07, 6.45) is 0.935. The second-order valence-corrected chi connectivity index (χ2v) is 6.57. The monoisotopic (exact) mass is 367 g/mol. The van der Waals surface area contributed by atoms with E-state index in [2.05, 4.69) is 27.1 Å². The molecule has 0 radical (unpaired) electrons. The summed E-state index contributed by atoms with van der Waals surface area (Å²) in [6.45, 7) is 6.57. The Morgan fingerprint density at radius 2 is 1.88 bits per heavy atom. The Balaban J connectivity index is 2.01. The minimum absolute atomic E-state index is 0.582. The van der Waals surface area contributed by atoms with Gasteiger partial charge in [0.2, 0.25) is 0 Å². The normalized spacial score (nSPS) is 11.4. The third-order valence-electron chi connectivity index (χ3n) is 4.13. The molecule has 0 atom stereocenters. The molecule has 3 aromatic heterocycles. The van der Waals surface area contributed by atoms with Crippen LogP contribution in [-0.4, -0.2) is 31.2 Å². The maximum Gasteiger partial charge on any atom is 0.184 e. The van der Waals surface area contributed by atoms with E-state index in [4.69, 9.17) is 16.3 Å². The van der Waals surface area contributed by atoms with Crippen molar-refractivity contribution >= 4 is 28.4 Å². The summed E-state index contributed by atoms with van der Waals surface area (Å²) < 4.78 is 7.66. The van der Waals surface area contributed by atoms with Crippen molar-refractivity contribution < 1.29 is 4.74 Å². The lowest BCUT2D eigenvalue weighted by Crippen LogP contribution is -2.01. The Labute approximate surface area is 155 Å². The van der Waals surface area contributed by atoms with E-state index >= 15 is 0 Å². The zero-order valence-corrected chi connectivity index (χ0v) is 15.6. The fourth-order valence-electron chi connectivity index (χ4n) is 2.90. The number of aromatic nitrogens is 5. The predicted molar refractivity (Wildman–Crippen MR) is 102 cm³/mol. The van der Waals surface area contributed by atoms with Crippen molar-refractivity contribution in [2.45, 2.75) is 27.2 Å². The molecule has 6 nitrogen and oxygen atoms in total. The van der Waals surface area contributed by atoms with E-state index in [0.717, 1.165) is 34.6 Å². The standard InChI is InChI=1S/C19H18ClN5O/c1-4-9-26-13-6-7-15(20)14(10-13)18-24-23-17-12(3)22-16-8-5-11(2)21-19(16)25(17)18/h5-8,10H,4,9H2,1-3H3. The SMILES string of the molecule is CCCOc1ccc(Cl)c(-c2nnc3c(C)nc4ccc(C)nc4n23)c1. The van der Waals surface area contributed by atoms with Gasteiger partial charge in [0.05, 0.1) is 17.3 Å². The van der Waals surface area contributed by atoms with Gasteiger partial charge in [-0.1, -0.05) is 18.5 Å². The van der Waals surface area contributed by atoms with Crippen LogP contribution in [0.1, 0.15) is 24.7 Å². The summed E-state index contributed by atoms with van der Waals surface area (Å²) in [5.74, 6) is 1.38. The molecular weight excluding hydrogens is 350 g/mol. The van der Waals surface area contributed by atoms with E-state index in [1.54, 1.807) is 0 Å². The van der Waals surface area contributed by atoms with Crippen molar-refractivity contribution in [3.8, 4) is 17.1 Å². The number of ether oxygens (including phenoxy) is 1. The van der Waals surface area contributed by atoms with E-state index < -0.39 is 0 Å². The molecule has 0 aliphatic rings. The second kappa shape index (κ2) is 6.53. The van der Waals surface area contributed by atoms with Crippen LogP contribution in [-0.2, 0) is 0 Å². The summed E-state index contributed by atoms with van der Waals surface area (Å²) in [5.41, 5.74) is 4.61. The lowest BCUT2D eigenvalue weighted by atomic mass is 10.2. The van der Waals surface area contributed by atoms with Crippen LogP contribution in [0, 0.1) is 13.8 Å². The van der Waals surface area contributed by atoms with Gasteiger partial charge in [0.1, 0.15) is 11.3 Å². The third kappa shape index (κ3) is 2.76. The van der Waals surface area contributed by atoms with Crippen LogP contribution in [0.25, 0.3) is 28.2 Å². The molecule has 0 amide bonds. The van der Waals surface area contributed by atoms with Crippen molar-refractivity contribution in [3.63, 3.8) is 0 Å². The smallest absolute Gasteiger partial charge is 0.184 e. The van der Waals surface area contributed by atoms with Gasteiger partial charge in [0.15, 0.2) is 17.1 Å². The van der Waals surface area contributed by atoms with E-state index in [0.29, 0.717) is 28.7 Å². The van der Waals surface area contributed by atoms with Gasteiger partial charge < -0.3 is 4.74 Å². The number of pyridine rings is 1. The highest BCUT2D eigenvalue weighted by atomic mass is 35.5. The van der Waals surface area contributed by atoms with Crippen molar-refractivity contribution in [3.05, 3.63) is 46.7 Å². The first-order valence-corrected chi connectivity index (χ1v) is 8.88. The Morgan fingerprint density at radius 1 is 1.04 bits per heavy atom. The van der Waals surface area contributed by atoms with Gasteiger partial charge in [0, 0.05) is 11.3 Å². The molecule has 0 unspecified atom stereocenters. The summed E-state index contributed by atoms with van der Waals surface area (Å²) in [7, 11) is 0. The Hall–Kier alpha value is -2.73. The maximum absolute atomic E-state index is 6.47. The maximum atomic E-state index is 6.47. The van der Waals surface area contributed by atoms with Crippen LogP contribution >= 0.6 is 11.6 Å². The minimum Gasteiger partial charge on any atom is -0.494 e. The van der Waals surface area contributed by atoms with Gasteiger partial charge in [-0.15, -0.1) is 10.2 Å². The van der Waals surface area contributed by atoms with Gasteiger partial charge in [-0.3, -0.25) is 4.40 Å². The second-order valence-electron chi connectivity index (χ2n) is 6.17. The van der Waals surface area contributed by atoms with Crippen LogP contribution in [0.3, 0.4) is 0 Å². The first kappa shape index (κ1) is 16.7. The quantitative estimate of drug-likeness (QED) is 0.535. The van der Waals surface area contributed by atoms with Crippen molar-refractivity contribution in [2.75, 3.05) is 6.61 Å². The molecule has 132 valence electrons. The van der Waals surface area contributed by atoms with Crippen LogP contribution in [0.4, 0.5) is 0 Å². The molecule has 4 aromatic rings. The number of nitrogens with zero attached hydrogens (tertiary/aromatic N) is 5. The lowest BCUT2D eigenvalue weighted by molar-refractivity contribution is 0.317. The van der Waals surface area contributed by atoms with E-state index in [-0.39, 0.29) is 0 Å². The van der Waals surface area contributed by atoms with E-state index in [1.165, 1.54) is 0 Å². The van der Waals surface area contributed by atoms with Gasteiger partial charge in [0.25, 0.3) is 0 Å². The molecule has 26 heavy (non-hydrogen) atoms. The number of rotatable bonds is 4. The molecule has 0 saturated carbocycles. The molecule has 0 bridgehead atoms. The van der Waals surface area contributed by atoms with E-state index in [9.17, 15) is 0 Å². The number of halogens is 1. The summed E-state index contributed by atoms with van der Waals surface area (Å²) in [6, 6.07) is 9.47. The number of hydrogen-bond donors (Lipinski definition) is 0. The third-order valence-corrected chi connectivity index (χ3v) is 4.46. The van der Waals surface area contributed by atoms with Gasteiger partial charge in [-0.25, -0.2) is 9.97 Å². The lowest BCUT2D eigenvalue weighted by Gasteiger charge is -2.10. The topological polar surface area (TPSA) is 65.2 Å². The van der Waals surface area contributed by atoms with E-state index in [1.807, 2.05) is 48.6 Å². The average molecular weight is 368 g/mol. The molecule has 0 fully saturated rings. The Kier molecular flexibility index (Phi) is 4.20. The molecule has 0 aliphatic carbocycles. The zero-order valence-electron chi connectivity index (χ0n) is 14.8. The summed E-state index contributed by atoms with van der Waals surface area (Å²) >= 11 is 6.47. The number of fused-ring (bicyclic) bond motifs is 3. The van der Waals surface area contributed by atoms with Crippen LogP contribution < -0.4 is 4.74 Å². The molecule has 0 saturated heterocycles. The van der Waals surface area contributed by atoms with Crippen molar-refractivity contribution in [1.82, 2.24) is 24.6 Å². The fraction of sp³-hybridized carbons (Fsp3) is 0.263. The minimum atomic E-state index is 0.582. The molecule has 0 aliphatic heterocycles. The average Bonchev–Trinajstić information content (AvgIpc) is 3.07. The summed E-state index contributed by atoms with van der Waals surface area (Å²) in [5, 5.41) is 9.28. The van der Waals surface area contributed by atoms with Crippen molar-refractivity contribution in [1.29, 1.82) is 0 Å². The van der Waals surface area contributed by atoms with Crippen LogP contribution in [0.2, 0.25) is 5.02 Å². The predicted octanol–water partition coefficient (Wildman–Crippen LogP) is 4.40. The van der Waals surface area contributed by atoms with Gasteiger partial charge in [-0.05, 0) is 50.6 Å². The first-order valence-electron chi connectivity index (χ1n) is 8.50. The highest BCUT2D eigenvalue weighted by Gasteiger charge is 2.18. The molecular formula is C19H18ClN5O. The highest BCUT2D eigenvalue weighted by Crippen LogP contribution is 2.32. The molecule has 3 heterocycles. The molecule has 0 spiro atoms. The van der Waals surface area contributed by atoms with Crippen molar-refractivity contribution in [2.24, 2.45) is 0 Å². The van der Waals surface area contributed by atoms with Crippen LogP contribution in [0.5, 0.6) is 5.75 Å². The van der Waals surface area contributed by atoms with Gasteiger partial charge >= 0.3 is 0 Å². The largest absolute Gasteiger partial charge is 0.494 e. The molecule has 4 rings (SSSR count). The molecule has 7 heteroatoms.